The maximum absolute atomic E-state index is 13.6. The summed E-state index contributed by atoms with van der Waals surface area (Å²) in [5.74, 6) is -0.278. The molecule has 2 N–H and O–H groups in total. The van der Waals surface area contributed by atoms with Crippen molar-refractivity contribution in [3.63, 3.8) is 0 Å². The van der Waals surface area contributed by atoms with Crippen LogP contribution in [0.3, 0.4) is 0 Å². The van der Waals surface area contributed by atoms with Crippen molar-refractivity contribution in [1.82, 2.24) is 35.4 Å². The number of fused-ring (bicyclic) bond motifs is 1. The predicted octanol–water partition coefficient (Wildman–Crippen LogP) is 4.95. The quantitative estimate of drug-likeness (QED) is 0.181. The Morgan fingerprint density at radius 2 is 1.52 bits per heavy atom. The molecule has 69 heavy (non-hydrogen) atoms. The Hall–Kier alpha value is -6.09. The number of benzene rings is 3. The lowest BCUT2D eigenvalue weighted by atomic mass is 9.49. The molecule has 1 aromatic heterocycles. The fourth-order valence-electron chi connectivity index (χ4n) is 11.5. The Balaban J connectivity index is 0.669. The summed E-state index contributed by atoms with van der Waals surface area (Å²) < 4.78 is 13.8. The van der Waals surface area contributed by atoms with Gasteiger partial charge in [0.2, 0.25) is 11.8 Å². The minimum atomic E-state index is -0.882. The summed E-state index contributed by atoms with van der Waals surface area (Å²) in [6, 6.07) is 19.5. The van der Waals surface area contributed by atoms with E-state index in [2.05, 4.69) is 69.4 Å². The molecule has 1 aliphatic carbocycles. The van der Waals surface area contributed by atoms with E-state index in [1.807, 2.05) is 35.2 Å². The Morgan fingerprint density at radius 1 is 0.841 bits per heavy atom. The first-order valence-electron chi connectivity index (χ1n) is 24.2. The van der Waals surface area contributed by atoms with Crippen LogP contribution in [-0.2, 0) is 19.1 Å². The molecule has 5 heterocycles. The van der Waals surface area contributed by atoms with Crippen LogP contribution in [0.5, 0.6) is 5.75 Å². The van der Waals surface area contributed by atoms with Crippen LogP contribution in [0.4, 0.5) is 11.4 Å². The number of carbonyl (C=O) groups is 4. The molecule has 0 radical (unpaired) electrons. The van der Waals surface area contributed by atoms with Crippen molar-refractivity contribution in [2.45, 2.75) is 90.5 Å². The van der Waals surface area contributed by atoms with Gasteiger partial charge in [0, 0.05) is 111 Å². The highest BCUT2D eigenvalue weighted by Crippen LogP contribution is 2.55. The van der Waals surface area contributed by atoms with Gasteiger partial charge in [-0.3, -0.25) is 34.2 Å². The SMILES string of the molecule is CC1(C)C(NC(=O)c2ccc(N3CCN(CCOC4CCN(C(=O)C5CCN(c6ccc7nnn(C8CCC(=O)NC8=O)c(=O)c7c6)CC5)CC4)CC3)cc2)C(C)(C)C1Oc1ccc(C#N)c(Cl)c1. The van der Waals surface area contributed by atoms with Crippen LogP contribution in [0.15, 0.2) is 65.5 Å². The molecule has 364 valence electrons. The Kier molecular flexibility index (Phi) is 13.7. The van der Waals surface area contributed by atoms with E-state index in [1.54, 1.807) is 30.3 Å². The van der Waals surface area contributed by atoms with Crippen LogP contribution in [0.1, 0.15) is 88.2 Å². The maximum Gasteiger partial charge on any atom is 0.278 e. The molecule has 1 unspecified atom stereocenters. The summed E-state index contributed by atoms with van der Waals surface area (Å²) in [6.45, 7) is 16.2. The zero-order valence-electron chi connectivity index (χ0n) is 39.8. The molecule has 5 aliphatic rings. The number of likely N-dealkylation sites (tertiary alicyclic amines) is 1. The highest BCUT2D eigenvalue weighted by molar-refractivity contribution is 6.31. The summed E-state index contributed by atoms with van der Waals surface area (Å²) in [4.78, 5) is 73.6. The van der Waals surface area contributed by atoms with Crippen LogP contribution >= 0.6 is 11.6 Å². The Bertz CT molecular complexity index is 2680. The van der Waals surface area contributed by atoms with Crippen molar-refractivity contribution in [1.29, 1.82) is 5.26 Å². The van der Waals surface area contributed by atoms with Gasteiger partial charge in [0.1, 0.15) is 29.5 Å². The number of imide groups is 1. The lowest BCUT2D eigenvalue weighted by molar-refractivity contribution is -0.164. The summed E-state index contributed by atoms with van der Waals surface area (Å²) >= 11 is 6.26. The zero-order chi connectivity index (χ0) is 48.6. The van der Waals surface area contributed by atoms with Gasteiger partial charge >= 0.3 is 0 Å². The number of nitrogens with zero attached hydrogens (tertiary/aromatic N) is 8. The van der Waals surface area contributed by atoms with Crippen molar-refractivity contribution in [3.05, 3.63) is 87.2 Å². The van der Waals surface area contributed by atoms with Crippen LogP contribution in [0.2, 0.25) is 5.02 Å². The van der Waals surface area contributed by atoms with Crippen LogP contribution in [0.25, 0.3) is 10.9 Å². The number of hydrogen-bond donors (Lipinski definition) is 2. The van der Waals surface area contributed by atoms with Gasteiger partial charge in [-0.15, -0.1) is 5.10 Å². The Morgan fingerprint density at radius 3 is 2.19 bits per heavy atom. The number of halogens is 1. The number of aromatic nitrogens is 3. The van der Waals surface area contributed by atoms with Gasteiger partial charge in [-0.2, -0.15) is 9.94 Å². The molecular formula is C51H61ClN10O7. The molecule has 4 aromatic rings. The standard InChI is InChI=1S/C51H61ClN10O7/c1-50(2)48(51(3,4)49(50)69-38-11-7-34(31-53)40(52)30-38)55-44(64)32-5-8-35(9-6-32)60-25-23-58(24-26-60)27-28-68-37-17-21-61(22-18-37)46(66)33-15-19-59(20-16-33)36-10-12-41-39(29-36)47(67)62(57-56-41)42-13-14-43(63)54-45(42)65/h5-12,29-30,33,37,42,48-49H,13-28H2,1-4H3,(H,55,64)(H,54,63,65). The molecule has 4 aliphatic heterocycles. The maximum atomic E-state index is 13.6. The zero-order valence-corrected chi connectivity index (χ0v) is 40.5. The first kappa shape index (κ1) is 48.0. The van der Waals surface area contributed by atoms with Crippen molar-refractivity contribution >= 4 is 57.5 Å². The second-order valence-electron chi connectivity index (χ2n) is 20.3. The van der Waals surface area contributed by atoms with Crippen molar-refractivity contribution in [3.8, 4) is 11.8 Å². The number of ether oxygens (including phenoxy) is 2. The van der Waals surface area contributed by atoms with Crippen molar-refractivity contribution < 1.29 is 28.7 Å². The smallest absolute Gasteiger partial charge is 0.278 e. The third-order valence-corrected chi connectivity index (χ3v) is 15.5. The van der Waals surface area contributed by atoms with Gasteiger partial charge < -0.3 is 29.5 Å². The van der Waals surface area contributed by atoms with E-state index in [9.17, 15) is 29.2 Å². The second-order valence-corrected chi connectivity index (χ2v) is 20.7. The highest BCUT2D eigenvalue weighted by Gasteiger charge is 2.64. The molecule has 3 aromatic carbocycles. The largest absolute Gasteiger partial charge is 0.489 e. The molecule has 4 saturated heterocycles. The number of amides is 4. The van der Waals surface area contributed by atoms with Gasteiger partial charge in [-0.05, 0) is 86.7 Å². The number of rotatable bonds is 12. The molecule has 18 heteroatoms. The van der Waals surface area contributed by atoms with Crippen LogP contribution < -0.4 is 30.7 Å². The number of anilines is 2. The molecule has 0 bridgehead atoms. The number of carbonyl (C=O) groups excluding carboxylic acids is 4. The lowest BCUT2D eigenvalue weighted by Gasteiger charge is -2.63. The number of hydrogen-bond acceptors (Lipinski definition) is 13. The van der Waals surface area contributed by atoms with E-state index >= 15 is 0 Å². The minimum absolute atomic E-state index is 0.0534. The average molecular weight is 962 g/mol. The molecule has 9 rings (SSSR count). The fourth-order valence-corrected chi connectivity index (χ4v) is 11.7. The molecular weight excluding hydrogens is 900 g/mol. The van der Waals surface area contributed by atoms with Gasteiger partial charge in [0.25, 0.3) is 17.4 Å². The highest BCUT2D eigenvalue weighted by atomic mass is 35.5. The summed E-state index contributed by atoms with van der Waals surface area (Å²) in [5.41, 5.74) is 2.26. The van der Waals surface area contributed by atoms with E-state index in [-0.39, 0.29) is 65.6 Å². The molecule has 17 nitrogen and oxygen atoms in total. The first-order valence-corrected chi connectivity index (χ1v) is 24.6. The molecule has 1 atom stereocenters. The summed E-state index contributed by atoms with van der Waals surface area (Å²) in [5, 5.41) is 23.7. The van der Waals surface area contributed by atoms with E-state index < -0.39 is 17.5 Å². The lowest BCUT2D eigenvalue weighted by Crippen LogP contribution is -2.74. The summed E-state index contributed by atoms with van der Waals surface area (Å²) in [7, 11) is 0. The first-order chi connectivity index (χ1) is 33.1. The third kappa shape index (κ3) is 9.89. The normalized spacial score (nSPS) is 23.2. The third-order valence-electron chi connectivity index (χ3n) is 15.2. The second kappa shape index (κ2) is 19.7. The number of nitrogens with one attached hydrogen (secondary N) is 2. The minimum Gasteiger partial charge on any atom is -0.489 e. The van der Waals surface area contributed by atoms with Crippen molar-refractivity contribution in [2.75, 3.05) is 75.3 Å². The van der Waals surface area contributed by atoms with Gasteiger partial charge in [-0.25, -0.2) is 0 Å². The van der Waals surface area contributed by atoms with Crippen molar-refractivity contribution in [2.24, 2.45) is 16.7 Å². The molecule has 0 spiro atoms. The monoisotopic (exact) mass is 960 g/mol. The van der Waals surface area contributed by atoms with Gasteiger partial charge in [0.15, 0.2) is 0 Å². The van der Waals surface area contributed by atoms with E-state index in [4.69, 9.17) is 21.1 Å². The number of piperazine rings is 1. The summed E-state index contributed by atoms with van der Waals surface area (Å²) in [6.07, 6.45) is 3.36. The number of piperidine rings is 3. The average Bonchev–Trinajstić information content (AvgIpc) is 3.35. The molecule has 1 saturated carbocycles. The van der Waals surface area contributed by atoms with Crippen LogP contribution in [0, 0.1) is 28.1 Å². The molecule has 4 amide bonds. The topological polar surface area (TPSA) is 195 Å². The fraction of sp³-hybridized carbons (Fsp3) is 0.529. The Labute approximate surface area is 407 Å². The number of nitriles is 1. The predicted molar refractivity (Wildman–Crippen MR) is 260 cm³/mol. The van der Waals surface area contributed by atoms with E-state index in [0.717, 1.165) is 61.6 Å². The van der Waals surface area contributed by atoms with E-state index in [0.29, 0.717) is 78.4 Å². The van der Waals surface area contributed by atoms with Gasteiger partial charge in [0.05, 0.1) is 28.7 Å². The van der Waals surface area contributed by atoms with Gasteiger partial charge in [-0.1, -0.05) is 44.5 Å². The van der Waals surface area contributed by atoms with Crippen LogP contribution in [-0.4, -0.2) is 132 Å². The van der Waals surface area contributed by atoms with E-state index in [1.165, 1.54) is 0 Å². The molecule has 5 fully saturated rings.